The zero-order valence-electron chi connectivity index (χ0n) is 12.6. The van der Waals surface area contributed by atoms with Crippen molar-refractivity contribution in [3.8, 4) is 0 Å². The number of anilines is 2. The number of thioether (sulfide) groups is 1. The van der Waals surface area contributed by atoms with Crippen molar-refractivity contribution in [3.05, 3.63) is 18.2 Å². The second kappa shape index (κ2) is 5.61. The van der Waals surface area contributed by atoms with Gasteiger partial charge in [-0.15, -0.1) is 0 Å². The Morgan fingerprint density at radius 2 is 1.84 bits per heavy atom. The minimum Gasteiger partial charge on any atom is -0.365 e. The summed E-state index contributed by atoms with van der Waals surface area (Å²) in [6.45, 7) is 13.2. The first-order valence-electron chi connectivity index (χ1n) is 6.99. The fourth-order valence-electron chi connectivity index (χ4n) is 2.42. The fraction of sp³-hybridized carbons (Fsp3) is 0.667. The van der Waals surface area contributed by atoms with Crippen molar-refractivity contribution in [3.63, 3.8) is 0 Å². The Bertz CT molecular complexity index is 418. The zero-order chi connectivity index (χ0) is 14.0. The number of hydrogen-bond acceptors (Lipinski definition) is 4. The van der Waals surface area contributed by atoms with Crippen LogP contribution in [0.15, 0.2) is 18.2 Å². The molecule has 0 aliphatic carbocycles. The van der Waals surface area contributed by atoms with Gasteiger partial charge in [0.1, 0.15) is 11.6 Å². The molecule has 2 rings (SSSR count). The maximum Gasteiger partial charge on any atom is 0.131 e. The largest absolute Gasteiger partial charge is 0.365 e. The van der Waals surface area contributed by atoms with Crippen LogP contribution in [-0.2, 0) is 0 Å². The van der Waals surface area contributed by atoms with E-state index in [0.717, 1.165) is 24.7 Å². The molecule has 106 valence electrons. The third kappa shape index (κ3) is 4.30. The Morgan fingerprint density at radius 3 is 2.42 bits per heavy atom. The molecule has 0 amide bonds. The average molecular weight is 279 g/mol. The number of hydrogen-bond donors (Lipinski definition) is 1. The Hall–Kier alpha value is -0.900. The number of rotatable bonds is 2. The highest BCUT2D eigenvalue weighted by atomic mass is 32.2. The van der Waals surface area contributed by atoms with Gasteiger partial charge in [-0.25, -0.2) is 4.98 Å². The van der Waals surface area contributed by atoms with Crippen LogP contribution in [0.25, 0.3) is 0 Å². The van der Waals surface area contributed by atoms with E-state index in [2.05, 4.69) is 68.7 Å². The van der Waals surface area contributed by atoms with Gasteiger partial charge in [-0.3, -0.25) is 0 Å². The van der Waals surface area contributed by atoms with E-state index in [1.54, 1.807) is 0 Å². The van der Waals surface area contributed by atoms with E-state index in [4.69, 9.17) is 4.98 Å². The quantitative estimate of drug-likeness (QED) is 0.895. The first-order chi connectivity index (χ1) is 8.83. The van der Waals surface area contributed by atoms with Crippen LogP contribution in [0.5, 0.6) is 0 Å². The first-order valence-corrected chi connectivity index (χ1v) is 7.93. The van der Waals surface area contributed by atoms with E-state index < -0.39 is 0 Å². The smallest absolute Gasteiger partial charge is 0.131 e. The minimum absolute atomic E-state index is 0.0456. The minimum atomic E-state index is 0.0456. The Kier molecular flexibility index (Phi) is 4.29. The van der Waals surface area contributed by atoms with Gasteiger partial charge in [0, 0.05) is 29.1 Å². The molecule has 1 saturated heterocycles. The lowest BCUT2D eigenvalue weighted by Crippen LogP contribution is -2.41. The van der Waals surface area contributed by atoms with Crippen LogP contribution in [0, 0.1) is 0 Å². The molecular weight excluding hydrogens is 254 g/mol. The van der Waals surface area contributed by atoms with E-state index in [1.165, 1.54) is 0 Å². The van der Waals surface area contributed by atoms with Crippen molar-refractivity contribution < 1.29 is 0 Å². The molecule has 2 heterocycles. The van der Waals surface area contributed by atoms with Crippen LogP contribution >= 0.6 is 11.8 Å². The summed E-state index contributed by atoms with van der Waals surface area (Å²) >= 11 is 2.07. The van der Waals surface area contributed by atoms with Crippen molar-refractivity contribution in [2.24, 2.45) is 0 Å². The molecule has 1 aliphatic rings. The van der Waals surface area contributed by atoms with Gasteiger partial charge in [0.25, 0.3) is 0 Å². The van der Waals surface area contributed by atoms with E-state index in [9.17, 15) is 0 Å². The number of nitrogens with one attached hydrogen (secondary N) is 1. The molecule has 1 fully saturated rings. The lowest BCUT2D eigenvalue weighted by atomic mass is 10.1. The summed E-state index contributed by atoms with van der Waals surface area (Å²) < 4.78 is 0. The highest BCUT2D eigenvalue weighted by molar-refractivity contribution is 8.00. The number of nitrogens with zero attached hydrogens (tertiary/aromatic N) is 2. The van der Waals surface area contributed by atoms with Crippen LogP contribution in [0.4, 0.5) is 11.6 Å². The number of pyridine rings is 1. The summed E-state index contributed by atoms with van der Waals surface area (Å²) in [4.78, 5) is 7.16. The third-order valence-electron chi connectivity index (χ3n) is 2.98. The van der Waals surface area contributed by atoms with Crippen LogP contribution < -0.4 is 10.2 Å². The molecule has 0 aromatic carbocycles. The molecule has 4 heteroatoms. The molecule has 1 N–H and O–H groups in total. The molecule has 1 aromatic heterocycles. The highest BCUT2D eigenvalue weighted by Gasteiger charge is 2.23. The summed E-state index contributed by atoms with van der Waals surface area (Å²) in [5, 5.41) is 4.78. The lowest BCUT2D eigenvalue weighted by molar-refractivity contribution is 0.629. The van der Waals surface area contributed by atoms with E-state index in [0.29, 0.717) is 10.5 Å². The molecule has 3 nitrogen and oxygen atoms in total. The maximum absolute atomic E-state index is 4.76. The van der Waals surface area contributed by atoms with Gasteiger partial charge in [0.2, 0.25) is 0 Å². The molecule has 1 aliphatic heterocycles. The summed E-state index contributed by atoms with van der Waals surface area (Å²) in [5.74, 6) is 2.05. The maximum atomic E-state index is 4.76. The van der Waals surface area contributed by atoms with Crippen LogP contribution in [0.1, 0.15) is 34.6 Å². The topological polar surface area (TPSA) is 28.2 Å². The van der Waals surface area contributed by atoms with Crippen LogP contribution in [0.3, 0.4) is 0 Å². The van der Waals surface area contributed by atoms with Gasteiger partial charge < -0.3 is 10.2 Å². The monoisotopic (exact) mass is 279 g/mol. The van der Waals surface area contributed by atoms with Crippen molar-refractivity contribution in [2.75, 3.05) is 23.3 Å². The predicted molar refractivity (Wildman–Crippen MR) is 86.3 cm³/mol. The normalized spacial score (nSPS) is 24.4. The molecule has 2 atom stereocenters. The summed E-state index contributed by atoms with van der Waals surface area (Å²) in [6.07, 6.45) is 0. The summed E-state index contributed by atoms with van der Waals surface area (Å²) in [6, 6.07) is 6.25. The summed E-state index contributed by atoms with van der Waals surface area (Å²) in [5.41, 5.74) is 0.0456. The first kappa shape index (κ1) is 14.5. The molecular formula is C15H25N3S. The van der Waals surface area contributed by atoms with E-state index in [1.807, 2.05) is 6.07 Å². The van der Waals surface area contributed by atoms with E-state index >= 15 is 0 Å². The molecule has 0 spiro atoms. The van der Waals surface area contributed by atoms with Gasteiger partial charge in [0.15, 0.2) is 0 Å². The SMILES string of the molecule is CC1CN(c2cccc(NC(C)(C)C)n2)CC(C)S1. The molecule has 19 heavy (non-hydrogen) atoms. The van der Waals surface area contributed by atoms with Crippen molar-refractivity contribution in [2.45, 2.75) is 50.7 Å². The van der Waals surface area contributed by atoms with Gasteiger partial charge in [-0.1, -0.05) is 19.9 Å². The van der Waals surface area contributed by atoms with Gasteiger partial charge in [-0.2, -0.15) is 11.8 Å². The number of aromatic nitrogens is 1. The standard InChI is InChI=1S/C15H25N3S/c1-11-9-18(10-12(2)19-11)14-8-6-7-13(16-14)17-15(3,4)5/h6-8,11-12H,9-10H2,1-5H3,(H,16,17). The zero-order valence-corrected chi connectivity index (χ0v) is 13.4. The second-order valence-corrected chi connectivity index (χ2v) is 8.30. The molecule has 0 radical (unpaired) electrons. The Morgan fingerprint density at radius 1 is 1.21 bits per heavy atom. The Labute approximate surface area is 121 Å². The second-order valence-electron chi connectivity index (χ2n) is 6.42. The third-order valence-corrected chi connectivity index (χ3v) is 4.21. The van der Waals surface area contributed by atoms with Crippen LogP contribution in [0.2, 0.25) is 0 Å². The van der Waals surface area contributed by atoms with Crippen LogP contribution in [-0.4, -0.2) is 34.1 Å². The Balaban J connectivity index is 2.14. The van der Waals surface area contributed by atoms with Gasteiger partial charge in [-0.05, 0) is 32.9 Å². The highest BCUT2D eigenvalue weighted by Crippen LogP contribution is 2.28. The fourth-order valence-corrected chi connectivity index (χ4v) is 3.74. The van der Waals surface area contributed by atoms with Crippen molar-refractivity contribution >= 4 is 23.4 Å². The average Bonchev–Trinajstić information content (AvgIpc) is 2.25. The van der Waals surface area contributed by atoms with Crippen molar-refractivity contribution in [1.29, 1.82) is 0 Å². The van der Waals surface area contributed by atoms with Crippen molar-refractivity contribution in [1.82, 2.24) is 4.98 Å². The van der Waals surface area contributed by atoms with E-state index in [-0.39, 0.29) is 5.54 Å². The van der Waals surface area contributed by atoms with Gasteiger partial charge in [0.05, 0.1) is 0 Å². The molecule has 1 aromatic rings. The van der Waals surface area contributed by atoms with Gasteiger partial charge >= 0.3 is 0 Å². The molecule has 0 bridgehead atoms. The lowest BCUT2D eigenvalue weighted by Gasteiger charge is -2.35. The molecule has 0 saturated carbocycles. The predicted octanol–water partition coefficient (Wildman–Crippen LogP) is 3.62. The summed E-state index contributed by atoms with van der Waals surface area (Å²) in [7, 11) is 0. The molecule has 2 unspecified atom stereocenters.